The van der Waals surface area contributed by atoms with Crippen molar-refractivity contribution in [2.45, 2.75) is 32.2 Å². The minimum atomic E-state index is -0.191. The Balaban J connectivity index is 0.00000192. The zero-order valence-electron chi connectivity index (χ0n) is 13.4. The van der Waals surface area contributed by atoms with Gasteiger partial charge in [-0.2, -0.15) is 0 Å². The first kappa shape index (κ1) is 18.6. The second-order valence-corrected chi connectivity index (χ2v) is 7.22. The molecular formula is C17H24BrClN2O2. The van der Waals surface area contributed by atoms with Crippen molar-refractivity contribution in [1.82, 2.24) is 10.6 Å². The van der Waals surface area contributed by atoms with Gasteiger partial charge in [0.15, 0.2) is 0 Å². The number of hydrogen-bond donors (Lipinski definition) is 2. The van der Waals surface area contributed by atoms with Crippen LogP contribution in [0, 0.1) is 11.3 Å². The lowest BCUT2D eigenvalue weighted by Crippen LogP contribution is -2.47. The highest BCUT2D eigenvalue weighted by Gasteiger charge is 2.49. The summed E-state index contributed by atoms with van der Waals surface area (Å²) in [7, 11) is 1.65. The van der Waals surface area contributed by atoms with Crippen LogP contribution in [0.25, 0.3) is 0 Å². The van der Waals surface area contributed by atoms with Crippen LogP contribution in [0.2, 0.25) is 0 Å². The molecule has 4 nitrogen and oxygen atoms in total. The second kappa shape index (κ2) is 7.86. The maximum absolute atomic E-state index is 12.8. The van der Waals surface area contributed by atoms with Crippen molar-refractivity contribution in [2.75, 3.05) is 20.2 Å². The van der Waals surface area contributed by atoms with Crippen molar-refractivity contribution < 1.29 is 9.53 Å². The fraction of sp³-hybridized carbons (Fsp3) is 0.588. The van der Waals surface area contributed by atoms with E-state index in [1.54, 1.807) is 7.11 Å². The molecule has 2 aliphatic rings. The SMILES string of the molecule is COc1ccc(Br)c(CNC(=O)[C@@]23CCCC[C@H]2CNC3)c1.Cl. The van der Waals surface area contributed by atoms with Crippen molar-refractivity contribution in [3.63, 3.8) is 0 Å². The molecule has 2 fully saturated rings. The molecule has 2 N–H and O–H groups in total. The van der Waals surface area contributed by atoms with E-state index in [9.17, 15) is 4.79 Å². The highest BCUT2D eigenvalue weighted by molar-refractivity contribution is 9.10. The minimum Gasteiger partial charge on any atom is -0.497 e. The summed E-state index contributed by atoms with van der Waals surface area (Å²) < 4.78 is 6.25. The largest absolute Gasteiger partial charge is 0.497 e. The number of fused-ring (bicyclic) bond motifs is 1. The van der Waals surface area contributed by atoms with Gasteiger partial charge in [0.25, 0.3) is 0 Å². The van der Waals surface area contributed by atoms with Crippen molar-refractivity contribution in [3.05, 3.63) is 28.2 Å². The third-order valence-corrected chi connectivity index (χ3v) is 5.96. The van der Waals surface area contributed by atoms with Crippen LogP contribution >= 0.6 is 28.3 Å². The van der Waals surface area contributed by atoms with E-state index in [4.69, 9.17) is 4.74 Å². The molecule has 0 radical (unpaired) electrons. The lowest BCUT2D eigenvalue weighted by atomic mass is 9.67. The quantitative estimate of drug-likeness (QED) is 0.811. The third kappa shape index (κ3) is 3.67. The zero-order chi connectivity index (χ0) is 15.6. The van der Waals surface area contributed by atoms with E-state index in [-0.39, 0.29) is 23.7 Å². The fourth-order valence-electron chi connectivity index (χ4n) is 3.86. The number of rotatable bonds is 4. The predicted octanol–water partition coefficient (Wildman–Crippen LogP) is 3.28. The molecule has 1 aromatic carbocycles. The molecule has 1 amide bonds. The van der Waals surface area contributed by atoms with Crippen LogP contribution in [0.4, 0.5) is 0 Å². The van der Waals surface area contributed by atoms with E-state index in [0.717, 1.165) is 41.7 Å². The third-order valence-electron chi connectivity index (χ3n) is 5.18. The van der Waals surface area contributed by atoms with Crippen LogP contribution in [-0.2, 0) is 11.3 Å². The molecule has 0 bridgehead atoms. The summed E-state index contributed by atoms with van der Waals surface area (Å²) in [6.45, 7) is 2.34. The van der Waals surface area contributed by atoms with Gasteiger partial charge in [0.1, 0.15) is 5.75 Å². The van der Waals surface area contributed by atoms with Gasteiger partial charge in [-0.05, 0) is 49.1 Å². The number of carbonyl (C=O) groups is 1. The van der Waals surface area contributed by atoms with E-state index in [1.165, 1.54) is 12.8 Å². The van der Waals surface area contributed by atoms with Crippen molar-refractivity contribution in [2.24, 2.45) is 11.3 Å². The molecule has 0 aromatic heterocycles. The van der Waals surface area contributed by atoms with Crippen LogP contribution < -0.4 is 15.4 Å². The number of carbonyl (C=O) groups excluding carboxylic acids is 1. The van der Waals surface area contributed by atoms with Crippen molar-refractivity contribution >= 4 is 34.2 Å². The van der Waals surface area contributed by atoms with E-state index in [2.05, 4.69) is 26.6 Å². The monoisotopic (exact) mass is 402 g/mol. The lowest BCUT2D eigenvalue weighted by Gasteiger charge is -2.37. The van der Waals surface area contributed by atoms with E-state index in [1.807, 2.05) is 18.2 Å². The molecule has 23 heavy (non-hydrogen) atoms. The van der Waals surface area contributed by atoms with Gasteiger partial charge in [0, 0.05) is 17.6 Å². The zero-order valence-corrected chi connectivity index (χ0v) is 15.8. The van der Waals surface area contributed by atoms with Gasteiger partial charge in [-0.15, -0.1) is 12.4 Å². The highest BCUT2D eigenvalue weighted by atomic mass is 79.9. The molecule has 1 saturated heterocycles. The molecule has 1 aromatic rings. The number of ether oxygens (including phenoxy) is 1. The Bertz CT molecular complexity index is 570. The Kier molecular flexibility index (Phi) is 6.34. The summed E-state index contributed by atoms with van der Waals surface area (Å²) >= 11 is 3.54. The summed E-state index contributed by atoms with van der Waals surface area (Å²) in [5.41, 5.74) is 0.853. The van der Waals surface area contributed by atoms with Gasteiger partial charge in [-0.1, -0.05) is 28.8 Å². The van der Waals surface area contributed by atoms with Crippen LogP contribution in [0.15, 0.2) is 22.7 Å². The van der Waals surface area contributed by atoms with Gasteiger partial charge in [-0.3, -0.25) is 4.79 Å². The van der Waals surface area contributed by atoms with Gasteiger partial charge < -0.3 is 15.4 Å². The van der Waals surface area contributed by atoms with Gasteiger partial charge in [0.05, 0.1) is 12.5 Å². The van der Waals surface area contributed by atoms with Crippen molar-refractivity contribution in [1.29, 1.82) is 0 Å². The Hall–Kier alpha value is -0.780. The first-order valence-electron chi connectivity index (χ1n) is 7.97. The van der Waals surface area contributed by atoms with Crippen LogP contribution in [0.5, 0.6) is 5.75 Å². The summed E-state index contributed by atoms with van der Waals surface area (Å²) in [6.07, 6.45) is 4.59. The molecule has 1 aliphatic heterocycles. The highest BCUT2D eigenvalue weighted by Crippen LogP contribution is 2.44. The molecule has 6 heteroatoms. The number of benzene rings is 1. The van der Waals surface area contributed by atoms with Crippen LogP contribution in [0.1, 0.15) is 31.2 Å². The second-order valence-electron chi connectivity index (χ2n) is 6.37. The average Bonchev–Trinajstić information content (AvgIpc) is 2.99. The summed E-state index contributed by atoms with van der Waals surface area (Å²) in [6, 6.07) is 5.83. The maximum Gasteiger partial charge on any atom is 0.228 e. The molecule has 128 valence electrons. The summed E-state index contributed by atoms with van der Waals surface area (Å²) in [5.74, 6) is 1.51. The minimum absolute atomic E-state index is 0. The van der Waals surface area contributed by atoms with Crippen LogP contribution in [0.3, 0.4) is 0 Å². The number of halogens is 2. The molecule has 1 aliphatic carbocycles. The molecule has 1 heterocycles. The van der Waals surface area contributed by atoms with Gasteiger partial charge >= 0.3 is 0 Å². The van der Waals surface area contributed by atoms with Crippen molar-refractivity contribution in [3.8, 4) is 5.75 Å². The summed E-state index contributed by atoms with van der Waals surface area (Å²) in [4.78, 5) is 12.8. The predicted molar refractivity (Wildman–Crippen MR) is 97.0 cm³/mol. The topological polar surface area (TPSA) is 50.4 Å². The first-order chi connectivity index (χ1) is 10.7. The standard InChI is InChI=1S/C17H23BrN2O2.ClH/c1-22-14-5-6-15(18)12(8-14)9-20-16(21)17-7-3-2-4-13(17)10-19-11-17;/h5-6,8,13,19H,2-4,7,9-11H2,1H3,(H,20,21);1H/t13-,17+;/m0./s1. The molecule has 0 spiro atoms. The Morgan fingerprint density at radius 1 is 1.48 bits per heavy atom. The maximum atomic E-state index is 12.8. The molecule has 2 atom stereocenters. The Labute approximate surface area is 152 Å². The van der Waals surface area contributed by atoms with Gasteiger partial charge in [0.2, 0.25) is 5.91 Å². The molecule has 0 unspecified atom stereocenters. The first-order valence-corrected chi connectivity index (χ1v) is 8.76. The normalized spacial score (nSPS) is 26.1. The number of amides is 1. The molecule has 1 saturated carbocycles. The van der Waals surface area contributed by atoms with E-state index >= 15 is 0 Å². The molecular weight excluding hydrogens is 380 g/mol. The fourth-order valence-corrected chi connectivity index (χ4v) is 4.24. The number of nitrogens with one attached hydrogen (secondary N) is 2. The smallest absolute Gasteiger partial charge is 0.228 e. The van der Waals surface area contributed by atoms with Gasteiger partial charge in [-0.25, -0.2) is 0 Å². The number of hydrogen-bond acceptors (Lipinski definition) is 3. The lowest BCUT2D eigenvalue weighted by molar-refractivity contribution is -0.134. The average molecular weight is 404 g/mol. The van der Waals surface area contributed by atoms with E-state index < -0.39 is 0 Å². The summed E-state index contributed by atoms with van der Waals surface area (Å²) in [5, 5.41) is 6.58. The Morgan fingerprint density at radius 2 is 2.30 bits per heavy atom. The Morgan fingerprint density at radius 3 is 3.09 bits per heavy atom. The van der Waals surface area contributed by atoms with E-state index in [0.29, 0.717) is 12.5 Å². The van der Waals surface area contributed by atoms with Crippen LogP contribution in [-0.4, -0.2) is 26.1 Å². The molecule has 3 rings (SSSR count). The number of methoxy groups -OCH3 is 1.